The second kappa shape index (κ2) is 6.93. The van der Waals surface area contributed by atoms with Gasteiger partial charge < -0.3 is 10.1 Å². The van der Waals surface area contributed by atoms with E-state index in [2.05, 4.69) is 30.2 Å². The Morgan fingerprint density at radius 3 is 2.87 bits per heavy atom. The van der Waals surface area contributed by atoms with Crippen LogP contribution in [0.3, 0.4) is 0 Å². The van der Waals surface area contributed by atoms with Crippen LogP contribution in [0.25, 0.3) is 10.7 Å². The lowest BCUT2D eigenvalue weighted by atomic mass is 10.3. The van der Waals surface area contributed by atoms with Crippen LogP contribution >= 0.6 is 11.3 Å². The van der Waals surface area contributed by atoms with Gasteiger partial charge in [-0.1, -0.05) is 6.07 Å². The van der Waals surface area contributed by atoms with Crippen molar-refractivity contribution in [2.24, 2.45) is 0 Å². The van der Waals surface area contributed by atoms with Crippen molar-refractivity contribution >= 4 is 23.1 Å². The molecule has 116 valence electrons. The summed E-state index contributed by atoms with van der Waals surface area (Å²) in [5, 5.41) is 13.7. The van der Waals surface area contributed by atoms with Crippen LogP contribution in [0.4, 0.5) is 5.82 Å². The molecule has 0 saturated heterocycles. The zero-order chi connectivity index (χ0) is 16.1. The van der Waals surface area contributed by atoms with Crippen LogP contribution in [0.15, 0.2) is 41.9 Å². The van der Waals surface area contributed by atoms with Gasteiger partial charge in [0.15, 0.2) is 5.69 Å². The Balaban J connectivity index is 1.63. The molecule has 0 atom stereocenters. The molecule has 0 fully saturated rings. The first-order valence-corrected chi connectivity index (χ1v) is 7.66. The molecule has 3 aromatic heterocycles. The molecule has 1 N–H and O–H groups in total. The maximum atomic E-state index is 11.3. The van der Waals surface area contributed by atoms with Crippen molar-refractivity contribution < 1.29 is 9.53 Å². The molecular formula is C15H13N5O2S. The third kappa shape index (κ3) is 3.67. The van der Waals surface area contributed by atoms with Crippen LogP contribution in [-0.2, 0) is 11.3 Å². The summed E-state index contributed by atoms with van der Waals surface area (Å²) in [6, 6.07) is 8.95. The zero-order valence-corrected chi connectivity index (χ0v) is 13.1. The Morgan fingerprint density at radius 2 is 2.17 bits per heavy atom. The first-order valence-electron chi connectivity index (χ1n) is 6.78. The molecule has 0 bridgehead atoms. The van der Waals surface area contributed by atoms with E-state index in [1.54, 1.807) is 18.3 Å². The number of carbonyl (C=O) groups excluding carboxylic acids is 1. The molecular weight excluding hydrogens is 314 g/mol. The van der Waals surface area contributed by atoms with Gasteiger partial charge in [0.05, 0.1) is 25.0 Å². The predicted octanol–water partition coefficient (Wildman–Crippen LogP) is 2.39. The van der Waals surface area contributed by atoms with Gasteiger partial charge in [-0.2, -0.15) is 0 Å². The van der Waals surface area contributed by atoms with Gasteiger partial charge in [-0.15, -0.1) is 21.5 Å². The van der Waals surface area contributed by atoms with Crippen molar-refractivity contribution in [2.45, 2.75) is 6.54 Å². The third-order valence-corrected chi connectivity index (χ3v) is 3.86. The smallest absolute Gasteiger partial charge is 0.358 e. The Labute approximate surface area is 136 Å². The standard InChI is InChI=1S/C15H13N5O2S/c1-22-15(21)12-5-6-13(20-19-12)17-8-10-9-23-14(18-10)11-4-2-3-7-16-11/h2-7,9H,8H2,1H3,(H,17,20). The average molecular weight is 327 g/mol. The van der Waals surface area contributed by atoms with Crippen LogP contribution in [0.5, 0.6) is 0 Å². The fourth-order valence-electron chi connectivity index (χ4n) is 1.82. The lowest BCUT2D eigenvalue weighted by Crippen LogP contribution is -2.08. The highest BCUT2D eigenvalue weighted by molar-refractivity contribution is 7.13. The van der Waals surface area contributed by atoms with E-state index in [1.807, 2.05) is 23.6 Å². The predicted molar refractivity (Wildman–Crippen MR) is 86.0 cm³/mol. The summed E-state index contributed by atoms with van der Waals surface area (Å²) in [6.07, 6.45) is 1.74. The number of esters is 1. The van der Waals surface area contributed by atoms with Gasteiger partial charge in [-0.3, -0.25) is 4.98 Å². The van der Waals surface area contributed by atoms with E-state index < -0.39 is 5.97 Å². The molecule has 3 heterocycles. The number of pyridine rings is 1. The molecule has 3 aromatic rings. The minimum atomic E-state index is -0.511. The monoisotopic (exact) mass is 327 g/mol. The topological polar surface area (TPSA) is 89.9 Å². The van der Waals surface area contributed by atoms with Gasteiger partial charge in [0.1, 0.15) is 10.8 Å². The molecule has 0 aromatic carbocycles. The highest BCUT2D eigenvalue weighted by Gasteiger charge is 2.08. The van der Waals surface area contributed by atoms with Crippen LogP contribution in [-0.4, -0.2) is 33.2 Å². The first kappa shape index (κ1) is 15.0. The third-order valence-electron chi connectivity index (χ3n) is 2.95. The molecule has 0 aliphatic carbocycles. The molecule has 0 unspecified atom stereocenters. The van der Waals surface area contributed by atoms with E-state index in [4.69, 9.17) is 0 Å². The quantitative estimate of drug-likeness (QED) is 0.720. The molecule has 0 aliphatic rings. The summed E-state index contributed by atoms with van der Waals surface area (Å²) < 4.78 is 4.57. The highest BCUT2D eigenvalue weighted by atomic mass is 32.1. The molecule has 0 saturated carbocycles. The van der Waals surface area contributed by atoms with Crippen molar-refractivity contribution in [3.63, 3.8) is 0 Å². The van der Waals surface area contributed by atoms with Gasteiger partial charge in [0.25, 0.3) is 0 Å². The Hall–Kier alpha value is -2.87. The number of methoxy groups -OCH3 is 1. The number of ether oxygens (including phenoxy) is 1. The molecule has 8 heteroatoms. The van der Waals surface area contributed by atoms with E-state index in [9.17, 15) is 4.79 Å². The fraction of sp³-hybridized carbons (Fsp3) is 0.133. The lowest BCUT2D eigenvalue weighted by Gasteiger charge is -2.03. The largest absolute Gasteiger partial charge is 0.464 e. The number of nitrogens with one attached hydrogen (secondary N) is 1. The molecule has 0 amide bonds. The van der Waals surface area contributed by atoms with Crippen molar-refractivity contribution in [3.8, 4) is 10.7 Å². The summed E-state index contributed by atoms with van der Waals surface area (Å²) in [5.74, 6) is 0.0496. The number of hydrogen-bond donors (Lipinski definition) is 1. The van der Waals surface area contributed by atoms with Crippen molar-refractivity contribution in [3.05, 3.63) is 53.3 Å². The van der Waals surface area contributed by atoms with Crippen molar-refractivity contribution in [1.29, 1.82) is 0 Å². The van der Waals surface area contributed by atoms with Crippen LogP contribution in [0, 0.1) is 0 Å². The Kier molecular flexibility index (Phi) is 4.53. The molecule has 3 rings (SSSR count). The maximum absolute atomic E-state index is 11.3. The maximum Gasteiger partial charge on any atom is 0.358 e. The highest BCUT2D eigenvalue weighted by Crippen LogP contribution is 2.21. The Bertz CT molecular complexity index is 789. The van der Waals surface area contributed by atoms with Crippen molar-refractivity contribution in [1.82, 2.24) is 20.2 Å². The van der Waals surface area contributed by atoms with Gasteiger partial charge in [0, 0.05) is 11.6 Å². The Morgan fingerprint density at radius 1 is 1.26 bits per heavy atom. The van der Waals surface area contributed by atoms with Crippen LogP contribution < -0.4 is 5.32 Å². The number of hydrogen-bond acceptors (Lipinski definition) is 8. The van der Waals surface area contributed by atoms with E-state index >= 15 is 0 Å². The zero-order valence-electron chi connectivity index (χ0n) is 12.3. The van der Waals surface area contributed by atoms with E-state index in [1.165, 1.54) is 18.4 Å². The SMILES string of the molecule is COC(=O)c1ccc(NCc2csc(-c3ccccn3)n2)nn1. The number of anilines is 1. The molecule has 0 spiro atoms. The normalized spacial score (nSPS) is 10.3. The first-order chi connectivity index (χ1) is 11.3. The van der Waals surface area contributed by atoms with Gasteiger partial charge in [-0.05, 0) is 24.3 Å². The summed E-state index contributed by atoms with van der Waals surface area (Å²) in [4.78, 5) is 20.1. The summed E-state index contributed by atoms with van der Waals surface area (Å²) in [5.41, 5.74) is 1.91. The second-order valence-electron chi connectivity index (χ2n) is 4.51. The van der Waals surface area contributed by atoms with E-state index in [0.29, 0.717) is 12.4 Å². The fourth-order valence-corrected chi connectivity index (χ4v) is 2.61. The van der Waals surface area contributed by atoms with Gasteiger partial charge >= 0.3 is 5.97 Å². The molecule has 23 heavy (non-hydrogen) atoms. The minimum Gasteiger partial charge on any atom is -0.464 e. The van der Waals surface area contributed by atoms with E-state index in [-0.39, 0.29) is 5.69 Å². The molecule has 0 radical (unpaired) electrons. The summed E-state index contributed by atoms with van der Waals surface area (Å²) >= 11 is 1.54. The van der Waals surface area contributed by atoms with Crippen LogP contribution in [0.2, 0.25) is 0 Å². The summed E-state index contributed by atoms with van der Waals surface area (Å²) in [7, 11) is 1.30. The second-order valence-corrected chi connectivity index (χ2v) is 5.37. The molecule has 7 nitrogen and oxygen atoms in total. The number of aromatic nitrogens is 4. The van der Waals surface area contributed by atoms with Gasteiger partial charge in [0.2, 0.25) is 0 Å². The number of carbonyl (C=O) groups is 1. The summed E-state index contributed by atoms with van der Waals surface area (Å²) in [6.45, 7) is 0.510. The van der Waals surface area contributed by atoms with Crippen molar-refractivity contribution in [2.75, 3.05) is 12.4 Å². The van der Waals surface area contributed by atoms with Crippen LogP contribution in [0.1, 0.15) is 16.2 Å². The minimum absolute atomic E-state index is 0.171. The van der Waals surface area contributed by atoms with Gasteiger partial charge in [-0.25, -0.2) is 9.78 Å². The number of rotatable bonds is 5. The average Bonchev–Trinajstić information content (AvgIpc) is 3.09. The number of nitrogens with zero attached hydrogens (tertiary/aromatic N) is 4. The number of thiazole rings is 1. The molecule has 0 aliphatic heterocycles. The lowest BCUT2D eigenvalue weighted by molar-refractivity contribution is 0.0593. The van der Waals surface area contributed by atoms with E-state index in [0.717, 1.165) is 16.4 Å².